The van der Waals surface area contributed by atoms with E-state index in [2.05, 4.69) is 16.0 Å². The smallest absolute Gasteiger partial charge is 0.255 e. The van der Waals surface area contributed by atoms with Crippen LogP contribution in [0.25, 0.3) is 0 Å². The fraction of sp³-hybridized carbons (Fsp3) is 0.125. The third-order valence-electron chi connectivity index (χ3n) is 4.59. The lowest BCUT2D eigenvalue weighted by Gasteiger charge is -2.09. The molecule has 9 heteroatoms. The number of rotatable bonds is 8. The molecule has 0 aromatic heterocycles. The molecule has 0 aliphatic rings. The van der Waals surface area contributed by atoms with Gasteiger partial charge in [-0.05, 0) is 60.2 Å². The summed E-state index contributed by atoms with van der Waals surface area (Å²) in [4.78, 5) is 36.7. The molecule has 0 fully saturated rings. The first-order chi connectivity index (χ1) is 15.8. The summed E-state index contributed by atoms with van der Waals surface area (Å²) in [5.74, 6) is -0.376. The van der Waals surface area contributed by atoms with E-state index in [4.69, 9.17) is 27.9 Å². The highest BCUT2D eigenvalue weighted by atomic mass is 35.5. The Morgan fingerprint density at radius 1 is 0.788 bits per heavy atom. The maximum absolute atomic E-state index is 12.4. The van der Waals surface area contributed by atoms with Gasteiger partial charge in [0.15, 0.2) is 0 Å². The quantitative estimate of drug-likeness (QED) is 0.443. The summed E-state index contributed by atoms with van der Waals surface area (Å²) in [5, 5.41) is 8.72. The summed E-state index contributed by atoms with van der Waals surface area (Å²) in [6, 6.07) is 18.1. The predicted octanol–water partition coefficient (Wildman–Crippen LogP) is 4.30. The van der Waals surface area contributed by atoms with Crippen molar-refractivity contribution < 1.29 is 19.1 Å². The molecule has 3 aromatic carbocycles. The van der Waals surface area contributed by atoms with Crippen LogP contribution in [0.5, 0.6) is 5.75 Å². The number of carbonyl (C=O) groups is 3. The van der Waals surface area contributed by atoms with Crippen molar-refractivity contribution in [2.75, 3.05) is 19.0 Å². The third-order valence-corrected chi connectivity index (χ3v) is 5.02. The zero-order valence-corrected chi connectivity index (χ0v) is 19.2. The van der Waals surface area contributed by atoms with Crippen molar-refractivity contribution in [2.24, 2.45) is 0 Å². The number of methoxy groups -OCH3 is 1. The summed E-state index contributed by atoms with van der Waals surface area (Å²) in [6.07, 6.45) is 0. The van der Waals surface area contributed by atoms with Gasteiger partial charge in [0.25, 0.3) is 11.8 Å². The first kappa shape index (κ1) is 24.1. The van der Waals surface area contributed by atoms with E-state index >= 15 is 0 Å². The molecule has 0 atom stereocenters. The van der Waals surface area contributed by atoms with Gasteiger partial charge in [-0.15, -0.1) is 0 Å². The van der Waals surface area contributed by atoms with Crippen LogP contribution in [-0.2, 0) is 11.3 Å². The average Bonchev–Trinajstić information content (AvgIpc) is 2.81. The lowest BCUT2D eigenvalue weighted by Crippen LogP contribution is -2.36. The van der Waals surface area contributed by atoms with Crippen LogP contribution < -0.4 is 20.7 Å². The summed E-state index contributed by atoms with van der Waals surface area (Å²) in [7, 11) is 1.58. The first-order valence-electron chi connectivity index (χ1n) is 9.89. The molecule has 0 saturated heterocycles. The van der Waals surface area contributed by atoms with Crippen molar-refractivity contribution in [3.05, 3.63) is 93.5 Å². The van der Waals surface area contributed by atoms with Gasteiger partial charge >= 0.3 is 0 Å². The topological polar surface area (TPSA) is 96.5 Å². The van der Waals surface area contributed by atoms with Gasteiger partial charge in [0.05, 0.1) is 13.7 Å². The third kappa shape index (κ3) is 7.24. The average molecular weight is 486 g/mol. The standard InChI is InChI=1S/C24H21Cl2N3O4/c1-33-21-8-2-15(3-9-21)13-27-22(30)14-28-23(31)16-4-6-20(7-5-16)29-24(32)17-10-18(25)12-19(26)11-17/h2-12H,13-14H2,1H3,(H,27,30)(H,28,31)(H,29,32). The van der Waals surface area contributed by atoms with E-state index < -0.39 is 5.91 Å². The van der Waals surface area contributed by atoms with Crippen molar-refractivity contribution >= 4 is 46.6 Å². The number of amides is 3. The molecule has 0 heterocycles. The van der Waals surface area contributed by atoms with Crippen molar-refractivity contribution in [1.29, 1.82) is 0 Å². The number of halogens is 2. The second-order valence-electron chi connectivity index (χ2n) is 7.00. The van der Waals surface area contributed by atoms with E-state index in [9.17, 15) is 14.4 Å². The van der Waals surface area contributed by atoms with Gasteiger partial charge in [0.1, 0.15) is 5.75 Å². The van der Waals surface area contributed by atoms with Crippen LogP contribution in [0.2, 0.25) is 10.0 Å². The summed E-state index contributed by atoms with van der Waals surface area (Å²) >= 11 is 11.8. The molecule has 0 spiro atoms. The Morgan fingerprint density at radius 3 is 2.03 bits per heavy atom. The van der Waals surface area contributed by atoms with E-state index in [1.807, 2.05) is 12.1 Å². The molecular weight excluding hydrogens is 465 g/mol. The van der Waals surface area contributed by atoms with Crippen LogP contribution in [0.15, 0.2) is 66.7 Å². The summed E-state index contributed by atoms with van der Waals surface area (Å²) in [6.45, 7) is 0.175. The van der Waals surface area contributed by atoms with E-state index in [1.165, 1.54) is 18.2 Å². The maximum Gasteiger partial charge on any atom is 0.255 e. The molecule has 0 radical (unpaired) electrons. The van der Waals surface area contributed by atoms with Crippen molar-refractivity contribution in [1.82, 2.24) is 10.6 Å². The number of benzene rings is 3. The predicted molar refractivity (Wildman–Crippen MR) is 128 cm³/mol. The van der Waals surface area contributed by atoms with Crippen LogP contribution in [0.4, 0.5) is 5.69 Å². The number of hydrogen-bond acceptors (Lipinski definition) is 4. The lowest BCUT2D eigenvalue weighted by molar-refractivity contribution is -0.120. The number of hydrogen-bond donors (Lipinski definition) is 3. The molecule has 3 rings (SSSR count). The molecule has 0 bridgehead atoms. The Hall–Kier alpha value is -3.55. The fourth-order valence-electron chi connectivity index (χ4n) is 2.86. The Balaban J connectivity index is 1.47. The van der Waals surface area contributed by atoms with Crippen molar-refractivity contribution in [2.45, 2.75) is 6.54 Å². The Kier molecular flexibility index (Phi) is 8.29. The Labute approximate surface area is 201 Å². The zero-order valence-electron chi connectivity index (χ0n) is 17.7. The van der Waals surface area contributed by atoms with Gasteiger partial charge in [-0.25, -0.2) is 0 Å². The van der Waals surface area contributed by atoms with Gasteiger partial charge in [-0.3, -0.25) is 14.4 Å². The highest BCUT2D eigenvalue weighted by Crippen LogP contribution is 2.20. The highest BCUT2D eigenvalue weighted by Gasteiger charge is 2.11. The normalized spacial score (nSPS) is 10.3. The molecule has 3 N–H and O–H groups in total. The van der Waals surface area contributed by atoms with Crippen LogP contribution in [0.3, 0.4) is 0 Å². The van der Waals surface area contributed by atoms with Crippen LogP contribution >= 0.6 is 23.2 Å². The van der Waals surface area contributed by atoms with E-state index in [0.717, 1.165) is 11.3 Å². The SMILES string of the molecule is COc1ccc(CNC(=O)CNC(=O)c2ccc(NC(=O)c3cc(Cl)cc(Cl)c3)cc2)cc1. The number of carbonyl (C=O) groups excluding carboxylic acids is 3. The van der Waals surface area contributed by atoms with E-state index in [0.29, 0.717) is 33.4 Å². The summed E-state index contributed by atoms with van der Waals surface area (Å²) < 4.78 is 5.09. The number of nitrogens with one attached hydrogen (secondary N) is 3. The molecule has 33 heavy (non-hydrogen) atoms. The number of anilines is 1. The molecule has 3 aromatic rings. The molecular formula is C24H21Cl2N3O4. The van der Waals surface area contributed by atoms with E-state index in [-0.39, 0.29) is 18.4 Å². The monoisotopic (exact) mass is 485 g/mol. The van der Waals surface area contributed by atoms with Crippen LogP contribution in [-0.4, -0.2) is 31.4 Å². The highest BCUT2D eigenvalue weighted by molar-refractivity contribution is 6.35. The molecule has 7 nitrogen and oxygen atoms in total. The van der Waals surface area contributed by atoms with E-state index in [1.54, 1.807) is 43.5 Å². The maximum atomic E-state index is 12.4. The van der Waals surface area contributed by atoms with Gasteiger partial charge in [0, 0.05) is 33.4 Å². The number of ether oxygens (including phenoxy) is 1. The minimum atomic E-state index is -0.408. The lowest BCUT2D eigenvalue weighted by atomic mass is 10.1. The second-order valence-corrected chi connectivity index (χ2v) is 7.87. The van der Waals surface area contributed by atoms with Gasteiger partial charge < -0.3 is 20.7 Å². The molecule has 0 unspecified atom stereocenters. The Bertz CT molecular complexity index is 1130. The minimum absolute atomic E-state index is 0.164. The minimum Gasteiger partial charge on any atom is -0.497 e. The van der Waals surface area contributed by atoms with Crippen molar-refractivity contribution in [3.8, 4) is 5.75 Å². The van der Waals surface area contributed by atoms with Gasteiger partial charge in [0.2, 0.25) is 5.91 Å². The zero-order chi connectivity index (χ0) is 23.8. The van der Waals surface area contributed by atoms with Crippen LogP contribution in [0.1, 0.15) is 26.3 Å². The molecule has 0 aliphatic carbocycles. The van der Waals surface area contributed by atoms with Gasteiger partial charge in [-0.2, -0.15) is 0 Å². The summed E-state index contributed by atoms with van der Waals surface area (Å²) in [5.41, 5.74) is 2.06. The molecule has 0 aliphatic heterocycles. The molecule has 3 amide bonds. The molecule has 0 saturated carbocycles. The first-order valence-corrected chi connectivity index (χ1v) is 10.6. The molecule has 170 valence electrons. The second kappa shape index (κ2) is 11.4. The van der Waals surface area contributed by atoms with Crippen LogP contribution in [0, 0.1) is 0 Å². The largest absolute Gasteiger partial charge is 0.497 e. The van der Waals surface area contributed by atoms with Crippen molar-refractivity contribution in [3.63, 3.8) is 0 Å². The Morgan fingerprint density at radius 2 is 1.42 bits per heavy atom. The fourth-order valence-corrected chi connectivity index (χ4v) is 3.39. The van der Waals surface area contributed by atoms with Gasteiger partial charge in [-0.1, -0.05) is 35.3 Å².